The molecule has 1 aromatic carbocycles. The molecule has 0 bridgehead atoms. The van der Waals surface area contributed by atoms with Crippen LogP contribution in [0.15, 0.2) is 24.3 Å². The van der Waals surface area contributed by atoms with E-state index in [0.29, 0.717) is 24.4 Å². The van der Waals surface area contributed by atoms with E-state index in [1.54, 1.807) is 31.2 Å². The number of benzene rings is 1. The molecule has 1 amide bonds. The van der Waals surface area contributed by atoms with E-state index >= 15 is 0 Å². The lowest BCUT2D eigenvalue weighted by Gasteiger charge is -2.07. The van der Waals surface area contributed by atoms with Crippen LogP contribution in [-0.4, -0.2) is 44.3 Å². The Kier molecular flexibility index (Phi) is 4.19. The Bertz CT molecular complexity index is 539. The van der Waals surface area contributed by atoms with Gasteiger partial charge in [0.25, 0.3) is 5.91 Å². The summed E-state index contributed by atoms with van der Waals surface area (Å²) in [5, 5.41) is 25.4. The van der Waals surface area contributed by atoms with Crippen molar-refractivity contribution < 1.29 is 9.90 Å². The fourth-order valence-corrected chi connectivity index (χ4v) is 1.58. The summed E-state index contributed by atoms with van der Waals surface area (Å²) in [7, 11) is 0. The summed E-state index contributed by atoms with van der Waals surface area (Å²) in [4.78, 5) is 11.9. The Balaban J connectivity index is 2.04. The molecule has 0 radical (unpaired) electrons. The monoisotopic (exact) mass is 261 g/mol. The summed E-state index contributed by atoms with van der Waals surface area (Å²) in [6.07, 6.45) is 0.0990. The highest BCUT2D eigenvalue weighted by Crippen LogP contribution is 2.14. The quantitative estimate of drug-likeness (QED) is 0.721. The van der Waals surface area contributed by atoms with Crippen LogP contribution in [0, 0.1) is 0 Å². The molecule has 3 N–H and O–H groups in total. The van der Waals surface area contributed by atoms with Gasteiger partial charge in [0.15, 0.2) is 0 Å². The average Bonchev–Trinajstić information content (AvgIpc) is 2.92. The number of nitrogens with zero attached hydrogens (tertiary/aromatic N) is 3. The van der Waals surface area contributed by atoms with E-state index in [1.807, 2.05) is 0 Å². The summed E-state index contributed by atoms with van der Waals surface area (Å²) in [6, 6.07) is 6.97. The van der Waals surface area contributed by atoms with Crippen LogP contribution in [0.25, 0.3) is 11.4 Å². The molecule has 0 aliphatic heterocycles. The number of carbonyl (C=O) groups excluding carboxylic acids is 1. The Morgan fingerprint density at radius 2 is 2.37 bits per heavy atom. The number of rotatable bonds is 5. The highest BCUT2D eigenvalue weighted by Gasteiger charge is 2.09. The number of carbonyl (C=O) groups is 1. The summed E-state index contributed by atoms with van der Waals surface area (Å²) in [5.41, 5.74) is 1.24. The van der Waals surface area contributed by atoms with Crippen LogP contribution in [0.5, 0.6) is 0 Å². The molecule has 0 aliphatic rings. The van der Waals surface area contributed by atoms with Gasteiger partial charge >= 0.3 is 0 Å². The SMILES string of the molecule is CC(O)CCNC(=O)c1cccc(-c2nn[nH]n2)c1. The molecule has 7 heteroatoms. The van der Waals surface area contributed by atoms with Crippen molar-refractivity contribution in [2.24, 2.45) is 0 Å². The van der Waals surface area contributed by atoms with E-state index in [2.05, 4.69) is 25.9 Å². The average molecular weight is 261 g/mol. The summed E-state index contributed by atoms with van der Waals surface area (Å²) < 4.78 is 0. The van der Waals surface area contributed by atoms with Crippen molar-refractivity contribution in [3.05, 3.63) is 29.8 Å². The van der Waals surface area contributed by atoms with Crippen LogP contribution in [0.1, 0.15) is 23.7 Å². The number of hydrogen-bond donors (Lipinski definition) is 3. The topological polar surface area (TPSA) is 104 Å². The zero-order valence-corrected chi connectivity index (χ0v) is 10.5. The van der Waals surface area contributed by atoms with Gasteiger partial charge < -0.3 is 10.4 Å². The molecule has 1 unspecified atom stereocenters. The molecule has 0 saturated carbocycles. The third kappa shape index (κ3) is 3.59. The largest absolute Gasteiger partial charge is 0.393 e. The van der Waals surface area contributed by atoms with Crippen LogP contribution in [-0.2, 0) is 0 Å². The molecule has 19 heavy (non-hydrogen) atoms. The molecule has 7 nitrogen and oxygen atoms in total. The number of H-pyrrole nitrogens is 1. The minimum Gasteiger partial charge on any atom is -0.393 e. The van der Waals surface area contributed by atoms with Crippen molar-refractivity contribution in [3.8, 4) is 11.4 Å². The molecule has 0 aliphatic carbocycles. The molecule has 2 aromatic rings. The zero-order chi connectivity index (χ0) is 13.7. The number of amides is 1. The zero-order valence-electron chi connectivity index (χ0n) is 10.5. The Labute approximate surface area is 110 Å². The number of tetrazole rings is 1. The second-order valence-corrected chi connectivity index (χ2v) is 4.21. The van der Waals surface area contributed by atoms with Crippen LogP contribution >= 0.6 is 0 Å². The number of aliphatic hydroxyl groups excluding tert-OH is 1. The molecule has 2 rings (SSSR count). The minimum absolute atomic E-state index is 0.189. The maximum absolute atomic E-state index is 11.9. The maximum Gasteiger partial charge on any atom is 0.251 e. The van der Waals surface area contributed by atoms with Gasteiger partial charge in [0.2, 0.25) is 5.82 Å². The van der Waals surface area contributed by atoms with Crippen molar-refractivity contribution >= 4 is 5.91 Å². The van der Waals surface area contributed by atoms with E-state index in [-0.39, 0.29) is 5.91 Å². The molecule has 0 saturated heterocycles. The van der Waals surface area contributed by atoms with Crippen molar-refractivity contribution in [1.82, 2.24) is 25.9 Å². The standard InChI is InChI=1S/C12H15N5O2/c1-8(18)5-6-13-12(19)10-4-2-3-9(7-10)11-14-16-17-15-11/h2-4,7-8,18H,5-6H2,1H3,(H,13,19)(H,14,15,16,17). The number of nitrogens with one attached hydrogen (secondary N) is 2. The van der Waals surface area contributed by atoms with E-state index in [1.165, 1.54) is 0 Å². The van der Waals surface area contributed by atoms with E-state index < -0.39 is 6.10 Å². The van der Waals surface area contributed by atoms with Gasteiger partial charge in [-0.25, -0.2) is 0 Å². The van der Waals surface area contributed by atoms with Crippen molar-refractivity contribution in [1.29, 1.82) is 0 Å². The first kappa shape index (κ1) is 13.2. The van der Waals surface area contributed by atoms with E-state index in [4.69, 9.17) is 5.11 Å². The molecule has 1 atom stereocenters. The first-order valence-corrected chi connectivity index (χ1v) is 5.97. The van der Waals surface area contributed by atoms with E-state index in [0.717, 1.165) is 5.56 Å². The van der Waals surface area contributed by atoms with Gasteiger partial charge in [-0.05, 0) is 30.7 Å². The number of hydrogen-bond acceptors (Lipinski definition) is 5. The highest BCUT2D eigenvalue weighted by atomic mass is 16.3. The summed E-state index contributed by atoms with van der Waals surface area (Å²) in [5.74, 6) is 0.254. The second kappa shape index (κ2) is 6.05. The lowest BCUT2D eigenvalue weighted by atomic mass is 10.1. The van der Waals surface area contributed by atoms with Crippen LogP contribution in [0.4, 0.5) is 0 Å². The summed E-state index contributed by atoms with van der Waals surface area (Å²) >= 11 is 0. The molecular formula is C12H15N5O2. The predicted octanol–water partition coefficient (Wildman–Crippen LogP) is 0.367. The van der Waals surface area contributed by atoms with Crippen LogP contribution in [0.3, 0.4) is 0 Å². The second-order valence-electron chi connectivity index (χ2n) is 4.21. The minimum atomic E-state index is -0.425. The lowest BCUT2D eigenvalue weighted by Crippen LogP contribution is -2.26. The van der Waals surface area contributed by atoms with E-state index in [9.17, 15) is 4.79 Å². The fourth-order valence-electron chi connectivity index (χ4n) is 1.58. The fraction of sp³-hybridized carbons (Fsp3) is 0.333. The Morgan fingerprint density at radius 3 is 3.05 bits per heavy atom. The third-order valence-corrected chi connectivity index (χ3v) is 2.58. The molecule has 0 fully saturated rings. The normalized spacial score (nSPS) is 12.1. The van der Waals surface area contributed by atoms with Gasteiger partial charge in [0, 0.05) is 17.7 Å². The first-order chi connectivity index (χ1) is 9.16. The van der Waals surface area contributed by atoms with Gasteiger partial charge in [0.1, 0.15) is 0 Å². The third-order valence-electron chi connectivity index (χ3n) is 2.58. The Morgan fingerprint density at radius 1 is 1.53 bits per heavy atom. The molecule has 1 aromatic heterocycles. The van der Waals surface area contributed by atoms with Gasteiger partial charge in [0.05, 0.1) is 6.10 Å². The number of aromatic amines is 1. The lowest BCUT2D eigenvalue weighted by molar-refractivity contribution is 0.0945. The van der Waals surface area contributed by atoms with Gasteiger partial charge in [-0.2, -0.15) is 5.21 Å². The molecule has 1 heterocycles. The highest BCUT2D eigenvalue weighted by molar-refractivity contribution is 5.95. The van der Waals surface area contributed by atoms with Crippen LogP contribution in [0.2, 0.25) is 0 Å². The van der Waals surface area contributed by atoms with Gasteiger partial charge in [-0.15, -0.1) is 10.2 Å². The maximum atomic E-state index is 11.9. The van der Waals surface area contributed by atoms with Crippen molar-refractivity contribution in [2.75, 3.05) is 6.54 Å². The smallest absolute Gasteiger partial charge is 0.251 e. The Hall–Kier alpha value is -2.28. The van der Waals surface area contributed by atoms with Gasteiger partial charge in [-0.3, -0.25) is 4.79 Å². The molecule has 100 valence electrons. The van der Waals surface area contributed by atoms with Crippen LogP contribution < -0.4 is 5.32 Å². The van der Waals surface area contributed by atoms with Crippen molar-refractivity contribution in [2.45, 2.75) is 19.4 Å². The first-order valence-electron chi connectivity index (χ1n) is 5.97. The summed E-state index contributed by atoms with van der Waals surface area (Å²) in [6.45, 7) is 2.12. The molecule has 0 spiro atoms. The predicted molar refractivity (Wildman–Crippen MR) is 68.2 cm³/mol. The van der Waals surface area contributed by atoms with Gasteiger partial charge in [-0.1, -0.05) is 12.1 Å². The number of aromatic nitrogens is 4. The van der Waals surface area contributed by atoms with Crippen molar-refractivity contribution in [3.63, 3.8) is 0 Å². The molecular weight excluding hydrogens is 246 g/mol. The number of aliphatic hydroxyl groups is 1.